The minimum Gasteiger partial charge on any atom is -0.380 e. The molecule has 0 spiro atoms. The van der Waals surface area contributed by atoms with Crippen LogP contribution in [-0.4, -0.2) is 73.4 Å². The van der Waals surface area contributed by atoms with Gasteiger partial charge in [-0.15, -0.1) is 0 Å². The third-order valence-electron chi connectivity index (χ3n) is 5.17. The molecule has 4 heterocycles. The third-order valence-corrected chi connectivity index (χ3v) is 5.17. The van der Waals surface area contributed by atoms with Crippen LogP contribution in [0.2, 0.25) is 0 Å². The van der Waals surface area contributed by atoms with Crippen LogP contribution in [0.25, 0.3) is 0 Å². The average Bonchev–Trinajstić information content (AvgIpc) is 3.06. The maximum atomic E-state index is 13.0. The molecule has 3 aliphatic heterocycles. The number of rotatable bonds is 2. The second-order valence-electron chi connectivity index (χ2n) is 6.61. The summed E-state index contributed by atoms with van der Waals surface area (Å²) in [6.07, 6.45) is 2.36. The van der Waals surface area contributed by atoms with Gasteiger partial charge in [0.15, 0.2) is 5.82 Å². The molecule has 1 aromatic heterocycles. The van der Waals surface area contributed by atoms with Crippen LogP contribution in [-0.2, 0) is 14.3 Å². The summed E-state index contributed by atoms with van der Waals surface area (Å²) in [5.74, 6) is 0.606. The standard InChI is InChI=1S/C16H21FN4O3/c17-12-5-18-16(19-6-12)21-7-11-9-24-10-14(13(11)8-21)15(22)20-1-3-23-4-2-20/h5-6,11,13-14H,1-4,7-10H2/t11-,13-,14+/m0/s1. The van der Waals surface area contributed by atoms with Gasteiger partial charge in [-0.05, 0) is 5.92 Å². The molecular formula is C16H21FN4O3. The molecule has 0 bridgehead atoms. The van der Waals surface area contributed by atoms with Gasteiger partial charge >= 0.3 is 0 Å². The molecule has 1 amide bonds. The Morgan fingerprint density at radius 1 is 1.12 bits per heavy atom. The molecule has 0 saturated carbocycles. The molecule has 3 aliphatic rings. The van der Waals surface area contributed by atoms with Gasteiger partial charge in [0.25, 0.3) is 0 Å². The summed E-state index contributed by atoms with van der Waals surface area (Å²) in [6, 6.07) is 0. The van der Waals surface area contributed by atoms with E-state index in [-0.39, 0.29) is 23.7 Å². The monoisotopic (exact) mass is 336 g/mol. The van der Waals surface area contributed by atoms with E-state index in [1.807, 2.05) is 9.80 Å². The predicted molar refractivity (Wildman–Crippen MR) is 82.9 cm³/mol. The van der Waals surface area contributed by atoms with E-state index < -0.39 is 5.82 Å². The van der Waals surface area contributed by atoms with Gasteiger partial charge < -0.3 is 19.3 Å². The molecule has 1 aromatic rings. The van der Waals surface area contributed by atoms with Gasteiger partial charge in [-0.25, -0.2) is 14.4 Å². The first-order valence-corrected chi connectivity index (χ1v) is 8.39. The number of nitrogens with zero attached hydrogens (tertiary/aromatic N) is 4. The topological polar surface area (TPSA) is 67.8 Å². The first kappa shape index (κ1) is 15.7. The van der Waals surface area contributed by atoms with Gasteiger partial charge in [-0.2, -0.15) is 0 Å². The van der Waals surface area contributed by atoms with Crippen molar-refractivity contribution in [3.63, 3.8) is 0 Å². The molecule has 4 rings (SSSR count). The lowest BCUT2D eigenvalue weighted by Crippen LogP contribution is -2.49. The second-order valence-corrected chi connectivity index (χ2v) is 6.61. The summed E-state index contributed by atoms with van der Waals surface area (Å²) < 4.78 is 24.1. The van der Waals surface area contributed by atoms with E-state index in [9.17, 15) is 9.18 Å². The Morgan fingerprint density at radius 2 is 1.88 bits per heavy atom. The van der Waals surface area contributed by atoms with Crippen LogP contribution in [0.3, 0.4) is 0 Å². The van der Waals surface area contributed by atoms with Crippen molar-refractivity contribution in [2.24, 2.45) is 17.8 Å². The van der Waals surface area contributed by atoms with Crippen LogP contribution in [0.1, 0.15) is 0 Å². The first-order valence-electron chi connectivity index (χ1n) is 8.39. The van der Waals surface area contributed by atoms with Crippen molar-refractivity contribution >= 4 is 11.9 Å². The zero-order valence-electron chi connectivity index (χ0n) is 13.4. The van der Waals surface area contributed by atoms with Gasteiger partial charge in [-0.3, -0.25) is 4.79 Å². The van der Waals surface area contributed by atoms with Crippen molar-refractivity contribution in [3.05, 3.63) is 18.2 Å². The largest absolute Gasteiger partial charge is 0.380 e. The van der Waals surface area contributed by atoms with Gasteiger partial charge in [0.1, 0.15) is 0 Å². The van der Waals surface area contributed by atoms with E-state index in [1.54, 1.807) is 0 Å². The lowest BCUT2D eigenvalue weighted by atomic mass is 9.82. The maximum Gasteiger partial charge on any atom is 0.228 e. The number of anilines is 1. The normalized spacial score (nSPS) is 30.3. The van der Waals surface area contributed by atoms with Crippen LogP contribution in [0.5, 0.6) is 0 Å². The highest BCUT2D eigenvalue weighted by Crippen LogP contribution is 2.36. The van der Waals surface area contributed by atoms with Crippen molar-refractivity contribution in [1.82, 2.24) is 14.9 Å². The molecule has 24 heavy (non-hydrogen) atoms. The average molecular weight is 336 g/mol. The van der Waals surface area contributed by atoms with Gasteiger partial charge in [0.2, 0.25) is 11.9 Å². The van der Waals surface area contributed by atoms with Crippen molar-refractivity contribution in [1.29, 1.82) is 0 Å². The second kappa shape index (κ2) is 6.60. The van der Waals surface area contributed by atoms with E-state index in [4.69, 9.17) is 9.47 Å². The Hall–Kier alpha value is -1.80. The van der Waals surface area contributed by atoms with Gasteiger partial charge in [0, 0.05) is 32.1 Å². The van der Waals surface area contributed by atoms with E-state index >= 15 is 0 Å². The number of carbonyl (C=O) groups is 1. The van der Waals surface area contributed by atoms with Crippen molar-refractivity contribution in [2.75, 3.05) is 57.5 Å². The molecule has 8 heteroatoms. The fraction of sp³-hybridized carbons (Fsp3) is 0.688. The van der Waals surface area contributed by atoms with E-state index in [2.05, 4.69) is 9.97 Å². The summed E-state index contributed by atoms with van der Waals surface area (Å²) in [5.41, 5.74) is 0. The molecular weight excluding hydrogens is 315 g/mol. The Bertz CT molecular complexity index is 593. The molecule has 7 nitrogen and oxygen atoms in total. The number of morpholine rings is 1. The quantitative estimate of drug-likeness (QED) is 0.767. The lowest BCUT2D eigenvalue weighted by Gasteiger charge is -2.36. The maximum absolute atomic E-state index is 13.0. The Morgan fingerprint density at radius 3 is 2.62 bits per heavy atom. The fourth-order valence-electron chi connectivity index (χ4n) is 3.90. The summed E-state index contributed by atoms with van der Waals surface area (Å²) in [6.45, 7) is 5.06. The van der Waals surface area contributed by atoms with E-state index in [0.717, 1.165) is 6.54 Å². The molecule has 0 N–H and O–H groups in total. The zero-order valence-corrected chi connectivity index (χ0v) is 13.4. The minimum absolute atomic E-state index is 0.132. The molecule has 0 aromatic carbocycles. The molecule has 0 aliphatic carbocycles. The number of halogens is 1. The molecule has 3 saturated heterocycles. The molecule has 3 fully saturated rings. The summed E-state index contributed by atoms with van der Waals surface area (Å²) >= 11 is 0. The van der Waals surface area contributed by atoms with Crippen molar-refractivity contribution in [2.45, 2.75) is 0 Å². The molecule has 3 atom stereocenters. The number of hydrogen-bond donors (Lipinski definition) is 0. The number of ether oxygens (including phenoxy) is 2. The summed E-state index contributed by atoms with van der Waals surface area (Å²) in [4.78, 5) is 24.9. The number of fused-ring (bicyclic) bond motifs is 1. The lowest BCUT2D eigenvalue weighted by molar-refractivity contribution is -0.148. The van der Waals surface area contributed by atoms with Crippen LogP contribution < -0.4 is 4.90 Å². The Labute approximate surface area is 139 Å². The van der Waals surface area contributed by atoms with Gasteiger partial charge in [-0.1, -0.05) is 0 Å². The van der Waals surface area contributed by atoms with Crippen LogP contribution >= 0.6 is 0 Å². The fourth-order valence-corrected chi connectivity index (χ4v) is 3.90. The van der Waals surface area contributed by atoms with Crippen LogP contribution in [0.15, 0.2) is 12.4 Å². The number of amides is 1. The number of aromatic nitrogens is 2. The van der Waals surface area contributed by atoms with E-state index in [0.29, 0.717) is 52.0 Å². The summed E-state index contributed by atoms with van der Waals surface area (Å²) in [7, 11) is 0. The number of carbonyl (C=O) groups excluding carboxylic acids is 1. The summed E-state index contributed by atoms with van der Waals surface area (Å²) in [5, 5.41) is 0. The Balaban J connectivity index is 1.48. The predicted octanol–water partition coefficient (Wildman–Crippen LogP) is 0.173. The SMILES string of the molecule is O=C([C@@H]1COC[C@@H]2CN(c3ncc(F)cn3)C[C@@H]21)N1CCOCC1. The Kier molecular flexibility index (Phi) is 4.32. The van der Waals surface area contributed by atoms with Crippen molar-refractivity contribution < 1.29 is 18.7 Å². The highest BCUT2D eigenvalue weighted by Gasteiger charge is 2.45. The molecule has 0 radical (unpaired) electrons. The molecule has 130 valence electrons. The highest BCUT2D eigenvalue weighted by atomic mass is 19.1. The minimum atomic E-state index is -0.445. The van der Waals surface area contributed by atoms with Gasteiger partial charge in [0.05, 0.1) is 44.7 Å². The third kappa shape index (κ3) is 2.95. The van der Waals surface area contributed by atoms with Crippen LogP contribution in [0.4, 0.5) is 10.3 Å². The van der Waals surface area contributed by atoms with E-state index in [1.165, 1.54) is 12.4 Å². The van der Waals surface area contributed by atoms with Crippen molar-refractivity contribution in [3.8, 4) is 0 Å². The molecule has 0 unspecified atom stereocenters. The zero-order chi connectivity index (χ0) is 16.5. The highest BCUT2D eigenvalue weighted by molar-refractivity contribution is 5.79. The number of hydrogen-bond acceptors (Lipinski definition) is 6. The first-order chi connectivity index (χ1) is 11.7. The smallest absolute Gasteiger partial charge is 0.228 e. The van der Waals surface area contributed by atoms with Crippen LogP contribution in [0, 0.1) is 23.6 Å².